The Hall–Kier alpha value is -1.16. The summed E-state index contributed by atoms with van der Waals surface area (Å²) < 4.78 is 0. The number of nitrogens with two attached hydrogens (primary N) is 1. The Labute approximate surface area is 107 Å². The second-order valence-corrected chi connectivity index (χ2v) is 5.49. The Morgan fingerprint density at radius 1 is 1.41 bits per heavy atom. The van der Waals surface area contributed by atoms with Crippen LogP contribution in [0, 0.1) is 6.92 Å². The minimum Gasteiger partial charge on any atom is -0.370 e. The minimum absolute atomic E-state index is 0.678. The maximum atomic E-state index is 6.00. The van der Waals surface area contributed by atoms with E-state index in [1.54, 1.807) is 0 Å². The highest BCUT2D eigenvalue weighted by Gasteiger charge is 2.11. The molecular weight excluding hydrogens is 230 g/mol. The molecule has 0 radical (unpaired) electrons. The monoisotopic (exact) mass is 249 g/mol. The topological polar surface area (TPSA) is 41.6 Å². The molecule has 1 heterocycles. The zero-order valence-electron chi connectivity index (χ0n) is 10.2. The molecule has 0 saturated carbocycles. The second kappa shape index (κ2) is 5.96. The van der Waals surface area contributed by atoms with Crippen LogP contribution < -0.4 is 5.73 Å². The summed E-state index contributed by atoms with van der Waals surface area (Å²) in [5, 5.41) is 0. The van der Waals surface area contributed by atoms with Crippen molar-refractivity contribution in [3.8, 4) is 0 Å². The second-order valence-electron chi connectivity index (χ2n) is 4.26. The van der Waals surface area contributed by atoms with Gasteiger partial charge in [-0.25, -0.2) is 4.99 Å². The third-order valence-electron chi connectivity index (χ3n) is 2.84. The van der Waals surface area contributed by atoms with Crippen molar-refractivity contribution < 1.29 is 0 Å². The first kappa shape index (κ1) is 12.3. The van der Waals surface area contributed by atoms with Crippen molar-refractivity contribution in [1.82, 2.24) is 4.90 Å². The molecule has 1 aliphatic heterocycles. The van der Waals surface area contributed by atoms with E-state index < -0.39 is 0 Å². The van der Waals surface area contributed by atoms with Crippen LogP contribution in [0.15, 0.2) is 29.3 Å². The van der Waals surface area contributed by atoms with E-state index in [1.807, 2.05) is 11.8 Å². The van der Waals surface area contributed by atoms with Crippen LogP contribution in [0.5, 0.6) is 0 Å². The largest absolute Gasteiger partial charge is 0.370 e. The lowest BCUT2D eigenvalue weighted by Gasteiger charge is -2.27. The molecule has 1 aliphatic rings. The van der Waals surface area contributed by atoms with Gasteiger partial charge in [-0.3, -0.25) is 0 Å². The molecule has 0 unspecified atom stereocenters. The number of rotatable bonds is 2. The number of hydrogen-bond acceptors (Lipinski definition) is 2. The van der Waals surface area contributed by atoms with E-state index in [0.717, 1.165) is 24.6 Å². The third kappa shape index (κ3) is 3.66. The maximum absolute atomic E-state index is 6.00. The summed E-state index contributed by atoms with van der Waals surface area (Å²) in [6, 6.07) is 8.41. The zero-order valence-corrected chi connectivity index (χ0v) is 11.0. The molecular formula is C13H19N3S. The molecule has 2 N–H and O–H groups in total. The first-order valence-electron chi connectivity index (χ1n) is 5.94. The molecule has 0 atom stereocenters. The average Bonchev–Trinajstić information content (AvgIpc) is 2.37. The van der Waals surface area contributed by atoms with Crippen molar-refractivity contribution in [2.24, 2.45) is 10.7 Å². The van der Waals surface area contributed by atoms with Crippen molar-refractivity contribution in [3.63, 3.8) is 0 Å². The Balaban J connectivity index is 1.95. The Bertz CT molecular complexity index is 397. The van der Waals surface area contributed by atoms with Crippen molar-refractivity contribution in [3.05, 3.63) is 35.4 Å². The van der Waals surface area contributed by atoms with Gasteiger partial charge in [-0.05, 0) is 12.5 Å². The van der Waals surface area contributed by atoms with Gasteiger partial charge in [0.2, 0.25) is 0 Å². The highest BCUT2D eigenvalue weighted by Crippen LogP contribution is 2.09. The summed E-state index contributed by atoms with van der Waals surface area (Å²) in [5.41, 5.74) is 8.49. The van der Waals surface area contributed by atoms with Crippen LogP contribution in [-0.2, 0) is 6.54 Å². The first-order chi connectivity index (χ1) is 8.25. The first-order valence-corrected chi connectivity index (χ1v) is 7.09. The van der Waals surface area contributed by atoms with Crippen LogP contribution in [0.3, 0.4) is 0 Å². The third-order valence-corrected chi connectivity index (χ3v) is 3.78. The fourth-order valence-corrected chi connectivity index (χ4v) is 2.78. The van der Waals surface area contributed by atoms with Crippen LogP contribution in [-0.4, -0.2) is 35.5 Å². The maximum Gasteiger partial charge on any atom is 0.191 e. The predicted octanol–water partition coefficient (Wildman–Crippen LogP) is 1.86. The van der Waals surface area contributed by atoms with Crippen molar-refractivity contribution in [1.29, 1.82) is 0 Å². The molecule has 1 fully saturated rings. The van der Waals surface area contributed by atoms with Crippen molar-refractivity contribution >= 4 is 17.7 Å². The van der Waals surface area contributed by atoms with Gasteiger partial charge in [0.25, 0.3) is 0 Å². The fraction of sp³-hybridized carbons (Fsp3) is 0.462. The fourth-order valence-electron chi connectivity index (χ4n) is 1.88. The lowest BCUT2D eigenvalue weighted by molar-refractivity contribution is 0.455. The quantitative estimate of drug-likeness (QED) is 0.642. The van der Waals surface area contributed by atoms with E-state index in [-0.39, 0.29) is 0 Å². The van der Waals surface area contributed by atoms with E-state index in [9.17, 15) is 0 Å². The lowest BCUT2D eigenvalue weighted by atomic mass is 10.1. The van der Waals surface area contributed by atoms with E-state index in [2.05, 4.69) is 41.1 Å². The van der Waals surface area contributed by atoms with Gasteiger partial charge in [-0.1, -0.05) is 29.8 Å². The van der Waals surface area contributed by atoms with Gasteiger partial charge in [0.15, 0.2) is 5.96 Å². The SMILES string of the molecule is Cc1cccc(CN=C(N)N2CCSCC2)c1. The Morgan fingerprint density at radius 3 is 2.88 bits per heavy atom. The highest BCUT2D eigenvalue weighted by atomic mass is 32.2. The molecule has 0 aromatic heterocycles. The lowest BCUT2D eigenvalue weighted by Crippen LogP contribution is -2.42. The summed E-state index contributed by atoms with van der Waals surface area (Å²) in [6.45, 7) is 4.82. The van der Waals surface area contributed by atoms with Crippen LogP contribution in [0.2, 0.25) is 0 Å². The molecule has 0 amide bonds. The van der Waals surface area contributed by atoms with E-state index >= 15 is 0 Å². The van der Waals surface area contributed by atoms with Crippen LogP contribution >= 0.6 is 11.8 Å². The Kier molecular flexibility index (Phi) is 4.31. The molecule has 92 valence electrons. The van der Waals surface area contributed by atoms with Crippen molar-refractivity contribution in [2.75, 3.05) is 24.6 Å². The normalized spacial score (nSPS) is 17.2. The molecule has 2 rings (SSSR count). The van der Waals surface area contributed by atoms with Gasteiger partial charge >= 0.3 is 0 Å². The summed E-state index contributed by atoms with van der Waals surface area (Å²) in [6.07, 6.45) is 0. The van der Waals surface area contributed by atoms with Crippen LogP contribution in [0.4, 0.5) is 0 Å². The minimum atomic E-state index is 0.678. The summed E-state index contributed by atoms with van der Waals surface area (Å²) >= 11 is 1.98. The van der Waals surface area contributed by atoms with E-state index in [1.165, 1.54) is 11.1 Å². The molecule has 17 heavy (non-hydrogen) atoms. The number of aryl methyl sites for hydroxylation is 1. The standard InChI is InChI=1S/C13H19N3S/c1-11-3-2-4-12(9-11)10-15-13(14)16-5-7-17-8-6-16/h2-4,9H,5-8,10H2,1H3,(H2,14,15). The van der Waals surface area contributed by atoms with E-state index in [0.29, 0.717) is 12.5 Å². The molecule has 1 aromatic carbocycles. The smallest absolute Gasteiger partial charge is 0.191 e. The number of thioether (sulfide) groups is 1. The molecule has 1 aromatic rings. The van der Waals surface area contributed by atoms with Gasteiger partial charge in [0.05, 0.1) is 6.54 Å². The zero-order chi connectivity index (χ0) is 12.1. The molecule has 0 spiro atoms. The number of nitrogens with zero attached hydrogens (tertiary/aromatic N) is 2. The molecule has 3 nitrogen and oxygen atoms in total. The van der Waals surface area contributed by atoms with Gasteiger partial charge in [-0.15, -0.1) is 0 Å². The average molecular weight is 249 g/mol. The summed E-state index contributed by atoms with van der Waals surface area (Å²) in [5.74, 6) is 2.99. The van der Waals surface area contributed by atoms with Crippen molar-refractivity contribution in [2.45, 2.75) is 13.5 Å². The van der Waals surface area contributed by atoms with Gasteiger partial charge in [0, 0.05) is 24.6 Å². The van der Waals surface area contributed by atoms with Crippen LogP contribution in [0.1, 0.15) is 11.1 Å². The molecule has 0 bridgehead atoms. The molecule has 0 aliphatic carbocycles. The molecule has 4 heteroatoms. The number of benzene rings is 1. The van der Waals surface area contributed by atoms with Gasteiger partial charge in [0.1, 0.15) is 0 Å². The highest BCUT2D eigenvalue weighted by molar-refractivity contribution is 7.99. The van der Waals surface area contributed by atoms with Gasteiger partial charge in [-0.2, -0.15) is 11.8 Å². The number of hydrogen-bond donors (Lipinski definition) is 1. The van der Waals surface area contributed by atoms with Gasteiger partial charge < -0.3 is 10.6 Å². The van der Waals surface area contributed by atoms with Crippen LogP contribution in [0.25, 0.3) is 0 Å². The Morgan fingerprint density at radius 2 is 2.18 bits per heavy atom. The summed E-state index contributed by atoms with van der Waals surface area (Å²) in [7, 11) is 0. The number of guanidine groups is 1. The number of aliphatic imine (C=N–C) groups is 1. The predicted molar refractivity (Wildman–Crippen MR) is 75.4 cm³/mol. The van der Waals surface area contributed by atoms with E-state index in [4.69, 9.17) is 5.73 Å². The molecule has 1 saturated heterocycles. The summed E-state index contributed by atoms with van der Waals surface area (Å²) in [4.78, 5) is 6.64.